The molecule has 5 rings (SSSR count). The predicted molar refractivity (Wildman–Crippen MR) is 176 cm³/mol. The highest BCUT2D eigenvalue weighted by Gasteiger charge is 2.51. The summed E-state index contributed by atoms with van der Waals surface area (Å²) in [5.41, 5.74) is 8.37. The third-order valence-corrected chi connectivity index (χ3v) is 9.47. The second kappa shape index (κ2) is 11.3. The first-order valence-corrected chi connectivity index (χ1v) is 15.8. The van der Waals surface area contributed by atoms with E-state index >= 15 is 7.77 Å². The summed E-state index contributed by atoms with van der Waals surface area (Å²) in [5, 5.41) is 3.17. The number of halogens is 3. The summed E-state index contributed by atoms with van der Waals surface area (Å²) >= 11 is 1.46. The number of aryl methyl sites for hydroxylation is 2. The van der Waals surface area contributed by atoms with E-state index in [0.717, 1.165) is 49.7 Å². The Bertz CT molecular complexity index is 1690. The molecule has 0 fully saturated rings. The van der Waals surface area contributed by atoms with Crippen LogP contribution in [0.4, 0.5) is 13.5 Å². The molecule has 1 aromatic heterocycles. The molecule has 3 aromatic rings. The molecule has 0 aliphatic carbocycles. The minimum Gasteiger partial charge on any atom is -0.496 e. The van der Waals surface area contributed by atoms with Crippen molar-refractivity contribution in [1.29, 1.82) is 0 Å². The molecule has 1 N–H and O–H groups in total. The number of anilines is 1. The quantitative estimate of drug-likeness (QED) is 0.204. The molecule has 2 aliphatic rings. The van der Waals surface area contributed by atoms with E-state index in [-0.39, 0.29) is 5.41 Å². The fraction of sp³-hybridized carbons (Fsp3) is 0.265. The minimum absolute atomic E-state index is 0.141. The van der Waals surface area contributed by atoms with Crippen LogP contribution in [0.2, 0.25) is 0 Å². The molecule has 0 amide bonds. The highest BCUT2D eigenvalue weighted by atomic mass is 35.5. The number of ether oxygens (including phenoxy) is 1. The van der Waals surface area contributed by atoms with Gasteiger partial charge in [0.05, 0.1) is 30.0 Å². The molecule has 0 spiro atoms. The van der Waals surface area contributed by atoms with Gasteiger partial charge in [-0.15, -0.1) is 11.6 Å². The second-order valence-electron chi connectivity index (χ2n) is 11.5. The van der Waals surface area contributed by atoms with E-state index in [2.05, 4.69) is 51.7 Å². The lowest BCUT2D eigenvalue weighted by Crippen LogP contribution is -2.24. The number of rotatable bonds is 8. The number of fused-ring (bicyclic) bond motifs is 2. The summed E-state index contributed by atoms with van der Waals surface area (Å²) < 4.78 is 40.9. The number of alkyl halides is 1. The highest BCUT2D eigenvalue weighted by molar-refractivity contribution is 8.18. The van der Waals surface area contributed by atoms with E-state index in [0.29, 0.717) is 28.7 Å². The SMILES string of the molecule is C=C(CCl)Nc1ccc(C2=C3C=CC=[N+]3S(F)(F)n3c(C=Cc4cc(CC)cc(C(C)(C)C)c4OC)cc(C)c32)cc1. The Hall–Kier alpha value is -3.55. The number of methoxy groups -OCH3 is 1. The van der Waals surface area contributed by atoms with Gasteiger partial charge in [-0.05, 0) is 71.9 Å². The topological polar surface area (TPSA) is 29.2 Å². The van der Waals surface area contributed by atoms with Gasteiger partial charge >= 0.3 is 11.2 Å². The van der Waals surface area contributed by atoms with E-state index in [1.165, 1.54) is 15.8 Å². The number of hydrogen-bond acceptors (Lipinski definition) is 2. The zero-order valence-corrected chi connectivity index (χ0v) is 26.5. The summed E-state index contributed by atoms with van der Waals surface area (Å²) in [6, 6.07) is 13.8. The summed E-state index contributed by atoms with van der Waals surface area (Å²) in [6.45, 7) is 14.3. The van der Waals surface area contributed by atoms with E-state index in [4.69, 9.17) is 16.3 Å². The van der Waals surface area contributed by atoms with Crippen LogP contribution in [0.25, 0.3) is 17.7 Å². The van der Waals surface area contributed by atoms with Gasteiger partial charge in [-0.1, -0.05) is 64.2 Å². The first-order valence-electron chi connectivity index (χ1n) is 13.9. The maximum Gasteiger partial charge on any atom is 0.388 e. The zero-order valence-electron chi connectivity index (χ0n) is 24.9. The predicted octanol–water partition coefficient (Wildman–Crippen LogP) is 9.68. The number of benzene rings is 2. The van der Waals surface area contributed by atoms with Crippen molar-refractivity contribution in [3.05, 3.63) is 112 Å². The summed E-state index contributed by atoms with van der Waals surface area (Å²) in [7, 11) is 1.66. The van der Waals surface area contributed by atoms with Gasteiger partial charge in [0.15, 0.2) is 6.21 Å². The van der Waals surface area contributed by atoms with Gasteiger partial charge in [0.25, 0.3) is 0 Å². The van der Waals surface area contributed by atoms with Gasteiger partial charge in [0, 0.05) is 34.7 Å². The molecule has 3 heterocycles. The maximum absolute atomic E-state index is 16.3. The van der Waals surface area contributed by atoms with Gasteiger partial charge in [0.1, 0.15) is 5.75 Å². The first kappa shape index (κ1) is 29.9. The van der Waals surface area contributed by atoms with Gasteiger partial charge in [-0.2, -0.15) is 0 Å². The molecular weight excluding hydrogens is 572 g/mol. The van der Waals surface area contributed by atoms with E-state index in [1.54, 1.807) is 25.3 Å². The maximum atomic E-state index is 16.3. The standard InChI is InChI=1S/C34H36ClF2N3OS/c1-8-24-19-26(33(41-7)29(20-24)34(4,5)6)13-16-28-18-22(2)32-31(25-11-14-27(15-12-25)38-23(3)21-35)30-10-9-17-39(30)42(36,37)40(28)32/h9-20H,3,8,21H2,1-2,4-7H3/p+1. The molecule has 0 bridgehead atoms. The van der Waals surface area contributed by atoms with Gasteiger partial charge < -0.3 is 10.1 Å². The van der Waals surface area contributed by atoms with Crippen LogP contribution < -0.4 is 10.1 Å². The van der Waals surface area contributed by atoms with Crippen LogP contribution in [0.3, 0.4) is 0 Å². The van der Waals surface area contributed by atoms with Gasteiger partial charge in [0.2, 0.25) is 5.70 Å². The average Bonchev–Trinajstić information content (AvgIpc) is 3.58. The zero-order chi connectivity index (χ0) is 30.4. The molecular formula is C34H37ClF2N3OS+. The van der Waals surface area contributed by atoms with Gasteiger partial charge in [-0.25, -0.2) is 3.97 Å². The Morgan fingerprint density at radius 1 is 1.14 bits per heavy atom. The van der Waals surface area contributed by atoms with Crippen LogP contribution in [0, 0.1) is 6.92 Å². The van der Waals surface area contributed by atoms with Crippen LogP contribution in [0.1, 0.15) is 66.9 Å². The number of hydrogen-bond donors (Lipinski definition) is 1. The molecule has 2 aliphatic heterocycles. The van der Waals surface area contributed by atoms with Crippen LogP contribution in [-0.2, 0) is 11.8 Å². The Morgan fingerprint density at radius 2 is 1.86 bits per heavy atom. The van der Waals surface area contributed by atoms with Crippen molar-refractivity contribution < 1.29 is 16.5 Å². The highest BCUT2D eigenvalue weighted by Crippen LogP contribution is 2.62. The summed E-state index contributed by atoms with van der Waals surface area (Å²) in [6.07, 6.45) is 9.47. The first-order chi connectivity index (χ1) is 19.9. The molecule has 2 aromatic carbocycles. The third kappa shape index (κ3) is 5.25. The van der Waals surface area contributed by atoms with Crippen molar-refractivity contribution in [2.75, 3.05) is 18.3 Å². The van der Waals surface area contributed by atoms with Gasteiger partial charge in [-0.3, -0.25) is 0 Å². The lowest BCUT2D eigenvalue weighted by molar-refractivity contribution is -0.296. The molecule has 8 heteroatoms. The monoisotopic (exact) mass is 608 g/mol. The van der Waals surface area contributed by atoms with Crippen molar-refractivity contribution in [2.45, 2.75) is 46.5 Å². The number of aromatic nitrogens is 1. The number of nitrogens with one attached hydrogen (secondary N) is 1. The second-order valence-corrected chi connectivity index (χ2v) is 13.4. The number of nitrogens with zero attached hydrogens (tertiary/aromatic N) is 2. The Kier molecular flexibility index (Phi) is 8.03. The van der Waals surface area contributed by atoms with Crippen molar-refractivity contribution in [2.24, 2.45) is 0 Å². The smallest absolute Gasteiger partial charge is 0.388 e. The van der Waals surface area contributed by atoms with Crippen LogP contribution in [-0.4, -0.2) is 27.2 Å². The lowest BCUT2D eigenvalue weighted by Gasteiger charge is -2.28. The largest absolute Gasteiger partial charge is 0.496 e. The van der Waals surface area contributed by atoms with E-state index in [1.807, 2.05) is 43.3 Å². The summed E-state index contributed by atoms with van der Waals surface area (Å²) in [5.74, 6) is 1.06. The van der Waals surface area contributed by atoms with Crippen LogP contribution in [0.5, 0.6) is 5.75 Å². The minimum atomic E-state index is -4.41. The molecule has 0 radical (unpaired) electrons. The van der Waals surface area contributed by atoms with Crippen molar-refractivity contribution in [3.8, 4) is 5.75 Å². The summed E-state index contributed by atoms with van der Waals surface area (Å²) in [4.78, 5) is 0. The fourth-order valence-corrected chi connectivity index (χ4v) is 7.16. The Balaban J connectivity index is 1.65. The molecule has 0 saturated heterocycles. The molecule has 42 heavy (non-hydrogen) atoms. The van der Waals surface area contributed by atoms with Crippen molar-refractivity contribution in [3.63, 3.8) is 0 Å². The van der Waals surface area contributed by atoms with Crippen molar-refractivity contribution >= 4 is 52.4 Å². The lowest BCUT2D eigenvalue weighted by atomic mass is 9.83. The molecule has 220 valence electrons. The fourth-order valence-electron chi connectivity index (χ4n) is 5.49. The Morgan fingerprint density at radius 3 is 2.48 bits per heavy atom. The third-order valence-electron chi connectivity index (χ3n) is 7.53. The van der Waals surface area contributed by atoms with E-state index in [9.17, 15) is 0 Å². The molecule has 0 saturated carbocycles. The molecule has 4 nitrogen and oxygen atoms in total. The normalized spacial score (nSPS) is 16.4. The number of allylic oxidation sites excluding steroid dienone is 3. The van der Waals surface area contributed by atoms with Crippen molar-refractivity contribution in [1.82, 2.24) is 3.97 Å². The molecule has 0 unspecified atom stereocenters. The van der Waals surface area contributed by atoms with Crippen LogP contribution in [0.15, 0.2) is 72.6 Å². The van der Waals surface area contributed by atoms with E-state index < -0.39 is 11.2 Å². The Labute approximate surface area is 254 Å². The van der Waals surface area contributed by atoms with Crippen LogP contribution >= 0.6 is 22.8 Å². The molecule has 0 atom stereocenters. The average molecular weight is 609 g/mol.